The molecule has 3 rings (SSSR count). The van der Waals surface area contributed by atoms with Crippen LogP contribution < -0.4 is 9.47 Å². The van der Waals surface area contributed by atoms with E-state index in [0.29, 0.717) is 31.6 Å². The lowest BCUT2D eigenvalue weighted by atomic mass is 10.1. The van der Waals surface area contributed by atoms with Gasteiger partial charge in [-0.1, -0.05) is 29.3 Å². The number of ether oxygens (including phenoxy) is 3. The van der Waals surface area contributed by atoms with Gasteiger partial charge in [-0.3, -0.25) is 19.3 Å². The predicted molar refractivity (Wildman–Crippen MR) is 131 cm³/mol. The zero-order chi connectivity index (χ0) is 24.1. The molecule has 0 atom stereocenters. The van der Waals surface area contributed by atoms with Gasteiger partial charge in [-0.15, -0.1) is 0 Å². The van der Waals surface area contributed by atoms with Gasteiger partial charge in [0, 0.05) is 15.6 Å². The monoisotopic (exact) mass is 573 g/mol. The van der Waals surface area contributed by atoms with E-state index < -0.39 is 23.7 Å². The van der Waals surface area contributed by atoms with Crippen molar-refractivity contribution in [2.45, 2.75) is 13.5 Å². The van der Waals surface area contributed by atoms with Gasteiger partial charge in [-0.2, -0.15) is 0 Å². The van der Waals surface area contributed by atoms with Crippen LogP contribution in [0.5, 0.6) is 11.5 Å². The number of amides is 2. The summed E-state index contributed by atoms with van der Waals surface area (Å²) in [5.74, 6) is -0.360. The van der Waals surface area contributed by atoms with E-state index in [4.69, 9.17) is 37.4 Å². The Bertz CT molecular complexity index is 1140. The summed E-state index contributed by atoms with van der Waals surface area (Å²) in [7, 11) is 1.49. The normalized spacial score (nSPS) is 14.7. The summed E-state index contributed by atoms with van der Waals surface area (Å²) in [4.78, 5) is 37.5. The second-order valence-corrected chi connectivity index (χ2v) is 9.32. The molecule has 0 saturated carbocycles. The zero-order valence-electron chi connectivity index (χ0n) is 17.5. The van der Waals surface area contributed by atoms with Gasteiger partial charge in [0.2, 0.25) is 0 Å². The lowest BCUT2D eigenvalue weighted by Gasteiger charge is -2.14. The number of benzene rings is 2. The van der Waals surface area contributed by atoms with Crippen LogP contribution in [0.25, 0.3) is 6.08 Å². The van der Waals surface area contributed by atoms with Crippen molar-refractivity contribution in [2.24, 2.45) is 0 Å². The number of nitrogens with zero attached hydrogens (tertiary/aromatic N) is 1. The highest BCUT2D eigenvalue weighted by Gasteiger charge is 2.36. The van der Waals surface area contributed by atoms with Gasteiger partial charge < -0.3 is 14.2 Å². The molecule has 33 heavy (non-hydrogen) atoms. The van der Waals surface area contributed by atoms with E-state index >= 15 is 0 Å². The summed E-state index contributed by atoms with van der Waals surface area (Å²) in [6, 6.07) is 8.51. The second kappa shape index (κ2) is 11.3. The number of hydrogen-bond acceptors (Lipinski definition) is 7. The van der Waals surface area contributed by atoms with Crippen molar-refractivity contribution in [1.82, 2.24) is 4.90 Å². The molecule has 1 saturated heterocycles. The van der Waals surface area contributed by atoms with E-state index in [9.17, 15) is 14.4 Å². The molecule has 7 nitrogen and oxygen atoms in total. The summed E-state index contributed by atoms with van der Waals surface area (Å²) < 4.78 is 16.7. The molecule has 1 aliphatic heterocycles. The number of hydrogen-bond donors (Lipinski definition) is 0. The minimum absolute atomic E-state index is 0.164. The van der Waals surface area contributed by atoms with Gasteiger partial charge in [0.1, 0.15) is 13.2 Å². The number of thioether (sulfide) groups is 1. The minimum Gasteiger partial charge on any atom is -0.493 e. The molecule has 2 amide bonds. The predicted octanol–water partition coefficient (Wildman–Crippen LogP) is 5.94. The van der Waals surface area contributed by atoms with Crippen molar-refractivity contribution < 1.29 is 28.6 Å². The molecule has 1 fully saturated rings. The number of rotatable bonds is 8. The number of carbonyl (C=O) groups is 3. The molecule has 2 aromatic carbocycles. The van der Waals surface area contributed by atoms with E-state index in [1.807, 2.05) is 0 Å². The number of imide groups is 1. The topological polar surface area (TPSA) is 82.1 Å². The van der Waals surface area contributed by atoms with Crippen molar-refractivity contribution in [1.29, 1.82) is 0 Å². The molecule has 0 aliphatic carbocycles. The van der Waals surface area contributed by atoms with Gasteiger partial charge in [0.05, 0.1) is 23.1 Å². The van der Waals surface area contributed by atoms with Crippen LogP contribution in [0.1, 0.15) is 18.1 Å². The Morgan fingerprint density at radius 3 is 2.64 bits per heavy atom. The van der Waals surface area contributed by atoms with E-state index in [0.717, 1.165) is 22.2 Å². The lowest BCUT2D eigenvalue weighted by Crippen LogP contribution is -2.34. The molecule has 0 N–H and O–H groups in total. The Hall–Kier alpha value is -2.20. The van der Waals surface area contributed by atoms with Gasteiger partial charge in [0.25, 0.3) is 11.1 Å². The molecule has 0 bridgehead atoms. The van der Waals surface area contributed by atoms with E-state index in [1.54, 1.807) is 43.3 Å². The Morgan fingerprint density at radius 2 is 1.97 bits per heavy atom. The van der Waals surface area contributed by atoms with Crippen LogP contribution in [0.2, 0.25) is 10.0 Å². The van der Waals surface area contributed by atoms with Crippen LogP contribution in [-0.4, -0.2) is 42.3 Å². The van der Waals surface area contributed by atoms with Crippen molar-refractivity contribution in [3.63, 3.8) is 0 Å². The summed E-state index contributed by atoms with van der Waals surface area (Å²) in [6.07, 6.45) is 1.54. The van der Waals surface area contributed by atoms with E-state index in [-0.39, 0.29) is 18.1 Å². The fourth-order valence-corrected chi connectivity index (χ4v) is 4.75. The van der Waals surface area contributed by atoms with Crippen LogP contribution in [-0.2, 0) is 20.9 Å². The SMILES string of the molecule is CCOC(=O)CN1C(=O)S/C(=C\c2cc(Br)c(OCc3ccc(Cl)cc3Cl)c(OC)c2)C1=O. The molecule has 0 radical (unpaired) electrons. The molecule has 1 heterocycles. The van der Waals surface area contributed by atoms with Crippen LogP contribution >= 0.6 is 50.9 Å². The van der Waals surface area contributed by atoms with Crippen LogP contribution in [0, 0.1) is 0 Å². The average molecular weight is 575 g/mol. The average Bonchev–Trinajstić information content (AvgIpc) is 3.01. The molecule has 174 valence electrons. The Labute approximate surface area is 213 Å². The first-order chi connectivity index (χ1) is 15.7. The molecule has 2 aromatic rings. The lowest BCUT2D eigenvalue weighted by molar-refractivity contribution is -0.145. The molecule has 0 unspecified atom stereocenters. The largest absolute Gasteiger partial charge is 0.493 e. The summed E-state index contributed by atoms with van der Waals surface area (Å²) in [5, 5.41) is 0.469. The summed E-state index contributed by atoms with van der Waals surface area (Å²) >= 11 is 16.3. The molecular weight excluding hydrogens is 557 g/mol. The fourth-order valence-electron chi connectivity index (χ4n) is 2.88. The highest BCUT2D eigenvalue weighted by Crippen LogP contribution is 2.39. The highest BCUT2D eigenvalue weighted by molar-refractivity contribution is 9.10. The molecule has 11 heteroatoms. The first kappa shape index (κ1) is 25.4. The third-order valence-electron chi connectivity index (χ3n) is 4.40. The maximum Gasteiger partial charge on any atom is 0.326 e. The zero-order valence-corrected chi connectivity index (χ0v) is 21.4. The Morgan fingerprint density at radius 1 is 1.21 bits per heavy atom. The van der Waals surface area contributed by atoms with Gasteiger partial charge in [0.15, 0.2) is 11.5 Å². The number of carbonyl (C=O) groups excluding carboxylic acids is 3. The van der Waals surface area contributed by atoms with Crippen LogP contribution in [0.4, 0.5) is 4.79 Å². The molecule has 0 aromatic heterocycles. The third-order valence-corrected chi connectivity index (χ3v) is 6.49. The van der Waals surface area contributed by atoms with E-state index in [2.05, 4.69) is 15.9 Å². The highest BCUT2D eigenvalue weighted by atomic mass is 79.9. The molecule has 0 spiro atoms. The maximum absolute atomic E-state index is 12.6. The summed E-state index contributed by atoms with van der Waals surface area (Å²) in [5.41, 5.74) is 1.34. The van der Waals surface area contributed by atoms with Crippen molar-refractivity contribution in [3.05, 3.63) is 60.9 Å². The fraction of sp³-hybridized carbons (Fsp3) is 0.227. The smallest absolute Gasteiger partial charge is 0.326 e. The first-order valence-electron chi connectivity index (χ1n) is 9.58. The standard InChI is InChI=1S/C22H18BrCl2NO6S/c1-3-31-19(27)10-26-21(28)18(33-22(26)29)8-12-6-15(23)20(17(7-12)30-2)32-11-13-4-5-14(24)9-16(13)25/h4-9H,3,10-11H2,1-2H3/b18-8-. The van der Waals surface area contributed by atoms with Crippen molar-refractivity contribution in [3.8, 4) is 11.5 Å². The van der Waals surface area contributed by atoms with Gasteiger partial charge >= 0.3 is 5.97 Å². The van der Waals surface area contributed by atoms with Crippen LogP contribution in [0.3, 0.4) is 0 Å². The summed E-state index contributed by atoms with van der Waals surface area (Å²) in [6.45, 7) is 1.56. The molecule has 1 aliphatic rings. The van der Waals surface area contributed by atoms with Gasteiger partial charge in [-0.25, -0.2) is 0 Å². The third kappa shape index (κ3) is 6.23. The Balaban J connectivity index is 1.80. The van der Waals surface area contributed by atoms with Crippen LogP contribution in [0.15, 0.2) is 39.7 Å². The minimum atomic E-state index is -0.646. The second-order valence-electron chi connectivity index (χ2n) is 6.63. The van der Waals surface area contributed by atoms with E-state index in [1.165, 1.54) is 7.11 Å². The quantitative estimate of drug-likeness (QED) is 0.285. The van der Waals surface area contributed by atoms with Crippen molar-refractivity contribution in [2.75, 3.05) is 20.3 Å². The van der Waals surface area contributed by atoms with Crippen molar-refractivity contribution >= 4 is 74.1 Å². The Kier molecular flexibility index (Phi) is 8.69. The first-order valence-corrected chi connectivity index (χ1v) is 11.9. The number of methoxy groups -OCH3 is 1. The number of esters is 1. The molecular formula is C22H18BrCl2NO6S. The number of halogens is 3. The van der Waals surface area contributed by atoms with Gasteiger partial charge in [-0.05, 0) is 70.5 Å². The maximum atomic E-state index is 12.6.